The number of nitriles is 1. The maximum absolute atomic E-state index is 12.3. The van der Waals surface area contributed by atoms with E-state index in [-0.39, 0.29) is 13.0 Å². The first-order valence-corrected chi connectivity index (χ1v) is 6.69. The van der Waals surface area contributed by atoms with E-state index in [4.69, 9.17) is 10.00 Å². The quantitative estimate of drug-likeness (QED) is 0.775. The normalized spacial score (nSPS) is 27.7. The topological polar surface area (TPSA) is 67.2 Å². The van der Waals surface area contributed by atoms with Gasteiger partial charge >= 0.3 is 6.18 Å². The summed E-state index contributed by atoms with van der Waals surface area (Å²) in [5, 5.41) is 7.42. The van der Waals surface area contributed by atoms with Gasteiger partial charge in [0, 0.05) is 6.61 Å². The van der Waals surface area contributed by atoms with Crippen molar-refractivity contribution in [2.75, 3.05) is 12.4 Å². The van der Waals surface area contributed by atoms with Gasteiger partial charge in [-0.3, -0.25) is 0 Å². The summed E-state index contributed by atoms with van der Waals surface area (Å²) in [6.45, 7) is 1.72. The van der Waals surface area contributed by atoms with E-state index in [1.165, 1.54) is 6.92 Å². The molecule has 4 nitrogen and oxygen atoms in total. The molecule has 0 saturated carbocycles. The number of nitrogens with zero attached hydrogens (tertiary/aromatic N) is 1. The Morgan fingerprint density at radius 2 is 2.12 bits per heavy atom. The molecule has 98 valence electrons. The van der Waals surface area contributed by atoms with Crippen molar-refractivity contribution in [3.63, 3.8) is 0 Å². The lowest BCUT2D eigenvalue weighted by Gasteiger charge is -2.18. The first kappa shape index (κ1) is 14.3. The van der Waals surface area contributed by atoms with E-state index < -0.39 is 39.0 Å². The summed E-state index contributed by atoms with van der Waals surface area (Å²) in [4.78, 5) is 0. The van der Waals surface area contributed by atoms with Crippen molar-refractivity contribution < 1.29 is 26.3 Å². The Morgan fingerprint density at radius 1 is 1.53 bits per heavy atom. The monoisotopic (exact) mass is 271 g/mol. The zero-order valence-corrected chi connectivity index (χ0v) is 9.88. The van der Waals surface area contributed by atoms with Crippen LogP contribution >= 0.6 is 0 Å². The van der Waals surface area contributed by atoms with Crippen LogP contribution in [0.3, 0.4) is 0 Å². The number of sulfone groups is 1. The summed E-state index contributed by atoms with van der Waals surface area (Å²) in [5.41, 5.74) is 0. The fraction of sp³-hybridized carbons (Fsp3) is 0.889. The third kappa shape index (κ3) is 3.33. The van der Waals surface area contributed by atoms with Crippen LogP contribution in [0.2, 0.25) is 0 Å². The molecule has 1 fully saturated rings. The van der Waals surface area contributed by atoms with E-state index in [1.54, 1.807) is 0 Å². The molecular formula is C9H12F3NO3S. The summed E-state index contributed by atoms with van der Waals surface area (Å²) in [6, 6.07) is 0.991. The maximum Gasteiger partial charge on any atom is 0.405 e. The van der Waals surface area contributed by atoms with E-state index >= 15 is 0 Å². The molecule has 3 atom stereocenters. The molecule has 8 heteroatoms. The smallest absolute Gasteiger partial charge is 0.377 e. The van der Waals surface area contributed by atoms with Crippen molar-refractivity contribution >= 4 is 9.84 Å². The number of hydrogen-bond donors (Lipinski definition) is 0. The summed E-state index contributed by atoms with van der Waals surface area (Å²) >= 11 is 0. The Labute approximate surface area is 97.3 Å². The van der Waals surface area contributed by atoms with Gasteiger partial charge in [0.1, 0.15) is 0 Å². The lowest BCUT2D eigenvalue weighted by molar-refractivity contribution is -0.153. The second-order valence-electron chi connectivity index (χ2n) is 3.96. The fourth-order valence-electron chi connectivity index (χ4n) is 1.74. The van der Waals surface area contributed by atoms with Crippen LogP contribution in [-0.4, -0.2) is 38.3 Å². The molecule has 0 aromatic heterocycles. The van der Waals surface area contributed by atoms with Crippen LogP contribution in [0.4, 0.5) is 13.2 Å². The summed E-state index contributed by atoms with van der Waals surface area (Å²) in [7, 11) is -3.97. The molecule has 0 N–H and O–H groups in total. The second-order valence-corrected chi connectivity index (χ2v) is 6.22. The molecule has 3 unspecified atom stereocenters. The Hall–Kier alpha value is -0.810. The summed E-state index contributed by atoms with van der Waals surface area (Å²) in [6.07, 6.45) is -5.25. The van der Waals surface area contributed by atoms with Crippen LogP contribution in [0.25, 0.3) is 0 Å². The predicted molar refractivity (Wildman–Crippen MR) is 52.8 cm³/mol. The van der Waals surface area contributed by atoms with E-state index in [2.05, 4.69) is 0 Å². The first-order chi connectivity index (χ1) is 7.68. The molecular weight excluding hydrogens is 259 g/mol. The van der Waals surface area contributed by atoms with Crippen molar-refractivity contribution in [2.24, 2.45) is 5.92 Å². The molecule has 1 heterocycles. The molecule has 0 radical (unpaired) electrons. The molecule has 17 heavy (non-hydrogen) atoms. The lowest BCUT2D eigenvalue weighted by atomic mass is 10.2. The molecule has 0 aliphatic carbocycles. The SMILES string of the molecule is CC1OCCC1S(=O)(=O)CC(C#N)C(F)(F)F. The number of halogens is 3. The van der Waals surface area contributed by atoms with Crippen molar-refractivity contribution in [1.82, 2.24) is 0 Å². The van der Waals surface area contributed by atoms with Crippen molar-refractivity contribution in [3.05, 3.63) is 0 Å². The summed E-state index contributed by atoms with van der Waals surface area (Å²) < 4.78 is 65.4. The van der Waals surface area contributed by atoms with Crippen LogP contribution in [0, 0.1) is 17.2 Å². The third-order valence-electron chi connectivity index (χ3n) is 2.72. The highest BCUT2D eigenvalue weighted by atomic mass is 32.2. The molecule has 1 aliphatic heterocycles. The highest BCUT2D eigenvalue weighted by Crippen LogP contribution is 2.30. The van der Waals surface area contributed by atoms with Gasteiger partial charge < -0.3 is 4.74 Å². The Balaban J connectivity index is 2.83. The Kier molecular flexibility index (Phi) is 4.04. The highest BCUT2D eigenvalue weighted by molar-refractivity contribution is 7.92. The van der Waals surface area contributed by atoms with Crippen LogP contribution < -0.4 is 0 Å². The maximum atomic E-state index is 12.3. The predicted octanol–water partition coefficient (Wildman–Crippen LogP) is 1.28. The molecule has 0 spiro atoms. The highest BCUT2D eigenvalue weighted by Gasteiger charge is 2.46. The lowest BCUT2D eigenvalue weighted by Crippen LogP contribution is -2.36. The minimum Gasteiger partial charge on any atom is -0.377 e. The van der Waals surface area contributed by atoms with Crippen LogP contribution in [0.5, 0.6) is 0 Å². The van der Waals surface area contributed by atoms with Gasteiger partial charge in [-0.05, 0) is 13.3 Å². The van der Waals surface area contributed by atoms with Crippen LogP contribution in [-0.2, 0) is 14.6 Å². The number of hydrogen-bond acceptors (Lipinski definition) is 4. The largest absolute Gasteiger partial charge is 0.405 e. The first-order valence-electron chi connectivity index (χ1n) is 4.98. The number of alkyl halides is 3. The zero-order chi connectivity index (χ0) is 13.3. The minimum atomic E-state index is -4.81. The standard InChI is InChI=1S/C9H12F3NO3S/c1-6-8(2-3-16-6)17(14,15)5-7(4-13)9(10,11)12/h6-8H,2-3,5H2,1H3. The van der Waals surface area contributed by atoms with Crippen molar-refractivity contribution in [1.29, 1.82) is 5.26 Å². The van der Waals surface area contributed by atoms with Gasteiger partial charge in [-0.25, -0.2) is 8.42 Å². The molecule has 0 aromatic carbocycles. The minimum absolute atomic E-state index is 0.180. The van der Waals surface area contributed by atoms with Crippen LogP contribution in [0.15, 0.2) is 0 Å². The molecule has 0 aromatic rings. The van der Waals surface area contributed by atoms with Gasteiger partial charge in [0.2, 0.25) is 0 Å². The van der Waals surface area contributed by atoms with Crippen LogP contribution in [0.1, 0.15) is 13.3 Å². The average Bonchev–Trinajstić information content (AvgIpc) is 2.59. The van der Waals surface area contributed by atoms with E-state index in [0.29, 0.717) is 0 Å². The van der Waals surface area contributed by atoms with Gasteiger partial charge in [-0.15, -0.1) is 0 Å². The van der Waals surface area contributed by atoms with Crippen molar-refractivity contribution in [2.45, 2.75) is 30.9 Å². The van der Waals surface area contributed by atoms with Gasteiger partial charge in [-0.1, -0.05) is 0 Å². The fourth-order valence-corrected chi connectivity index (χ4v) is 3.84. The Morgan fingerprint density at radius 3 is 2.47 bits per heavy atom. The van der Waals surface area contributed by atoms with E-state index in [1.807, 2.05) is 0 Å². The number of ether oxygens (including phenoxy) is 1. The number of rotatable bonds is 3. The molecule has 1 aliphatic rings. The molecule has 0 amide bonds. The van der Waals surface area contributed by atoms with Gasteiger partial charge in [-0.2, -0.15) is 18.4 Å². The third-order valence-corrected chi connectivity index (χ3v) is 5.06. The summed E-state index contributed by atoms with van der Waals surface area (Å²) in [5.74, 6) is -3.66. The van der Waals surface area contributed by atoms with Gasteiger partial charge in [0.25, 0.3) is 0 Å². The average molecular weight is 271 g/mol. The van der Waals surface area contributed by atoms with Crippen molar-refractivity contribution in [3.8, 4) is 6.07 Å². The van der Waals surface area contributed by atoms with E-state index in [9.17, 15) is 21.6 Å². The zero-order valence-electron chi connectivity index (χ0n) is 9.07. The Bertz CT molecular complexity index is 412. The molecule has 1 rings (SSSR count). The van der Waals surface area contributed by atoms with Gasteiger partial charge in [0.05, 0.1) is 23.2 Å². The van der Waals surface area contributed by atoms with E-state index in [0.717, 1.165) is 6.07 Å². The second kappa shape index (κ2) is 4.82. The molecule has 1 saturated heterocycles. The molecule has 0 bridgehead atoms. The van der Waals surface area contributed by atoms with Gasteiger partial charge in [0.15, 0.2) is 15.8 Å².